The molecule has 3 nitrogen and oxygen atoms in total. The largest absolute Gasteiger partial charge is 0.500 e. The molecule has 0 aliphatic heterocycles. The van der Waals surface area contributed by atoms with E-state index in [2.05, 4.69) is 15.9 Å². The fourth-order valence-corrected chi connectivity index (χ4v) is 9.29. The van der Waals surface area contributed by atoms with Gasteiger partial charge in [0.05, 0.1) is 0 Å². The van der Waals surface area contributed by atoms with Crippen molar-refractivity contribution in [3.8, 4) is 0 Å². The van der Waals surface area contributed by atoms with Crippen LogP contribution in [0.4, 0.5) is 0 Å². The summed E-state index contributed by atoms with van der Waals surface area (Å²) in [6, 6.07) is 0.974. The Morgan fingerprint density at radius 3 is 0.690 bits per heavy atom. The maximum Gasteiger partial charge on any atom is 0.500 e. The van der Waals surface area contributed by atoms with E-state index in [9.17, 15) is 0 Å². The van der Waals surface area contributed by atoms with Crippen LogP contribution in [-0.4, -0.2) is 34.0 Å². The second kappa shape index (κ2) is 36.0. The van der Waals surface area contributed by atoms with Crippen molar-refractivity contribution in [2.24, 2.45) is 0 Å². The monoisotopic (exact) mass is 676 g/mol. The van der Waals surface area contributed by atoms with Crippen molar-refractivity contribution in [2.45, 2.75) is 213 Å². The summed E-state index contributed by atoms with van der Waals surface area (Å²) in [5, 5.41) is 1.18. The highest BCUT2D eigenvalue weighted by Gasteiger charge is 2.39. The molecule has 0 fully saturated rings. The Bertz CT molecular complexity index is 477. The topological polar surface area (TPSA) is 27.7 Å². The lowest BCUT2D eigenvalue weighted by Crippen LogP contribution is -2.45. The first-order chi connectivity index (χ1) is 20.7. The molecule has 5 heteroatoms. The van der Waals surface area contributed by atoms with Gasteiger partial charge in [0.1, 0.15) is 0 Å². The maximum absolute atomic E-state index is 5.97. The average Bonchev–Trinajstić information content (AvgIpc) is 2.98. The van der Waals surface area contributed by atoms with E-state index in [-0.39, 0.29) is 0 Å². The second-order valence-electron chi connectivity index (χ2n) is 12.7. The molecule has 0 aromatic carbocycles. The second-order valence-corrected chi connectivity index (χ2v) is 16.2. The summed E-state index contributed by atoms with van der Waals surface area (Å²) < 4.78 is 17.9. The zero-order valence-corrected chi connectivity index (χ0v) is 31.7. The number of alkyl halides is 1. The minimum atomic E-state index is -2.42. The van der Waals surface area contributed by atoms with Crippen LogP contribution in [0, 0.1) is 0 Å². The third kappa shape index (κ3) is 30.6. The molecule has 0 bridgehead atoms. The van der Waals surface area contributed by atoms with E-state index in [0.717, 1.165) is 6.04 Å². The molecular formula is C37H77BrO3Si. The third-order valence-electron chi connectivity index (χ3n) is 8.71. The molecule has 0 saturated heterocycles. The van der Waals surface area contributed by atoms with Gasteiger partial charge in [0.2, 0.25) is 0 Å². The number of halogens is 1. The molecule has 0 radical (unpaired) electrons. The minimum Gasteiger partial charge on any atom is -0.374 e. The van der Waals surface area contributed by atoms with Crippen LogP contribution in [0.15, 0.2) is 0 Å². The van der Waals surface area contributed by atoms with Crippen LogP contribution in [0.2, 0.25) is 6.04 Å². The molecule has 0 heterocycles. The van der Waals surface area contributed by atoms with Gasteiger partial charge in [0, 0.05) is 31.2 Å². The molecule has 0 spiro atoms. The van der Waals surface area contributed by atoms with Gasteiger partial charge in [0.25, 0.3) is 0 Å². The van der Waals surface area contributed by atoms with Gasteiger partial charge in [-0.05, 0) is 33.6 Å². The smallest absolute Gasteiger partial charge is 0.374 e. The van der Waals surface area contributed by atoms with Crippen molar-refractivity contribution < 1.29 is 13.3 Å². The van der Waals surface area contributed by atoms with Crippen molar-refractivity contribution >= 4 is 24.7 Å². The zero-order chi connectivity index (χ0) is 30.7. The van der Waals surface area contributed by atoms with Gasteiger partial charge < -0.3 is 13.3 Å². The van der Waals surface area contributed by atoms with Gasteiger partial charge in [-0.3, -0.25) is 0 Å². The zero-order valence-electron chi connectivity index (χ0n) is 29.1. The van der Waals surface area contributed by atoms with Gasteiger partial charge >= 0.3 is 8.80 Å². The van der Waals surface area contributed by atoms with E-state index in [1.165, 1.54) is 192 Å². The Balaban J connectivity index is 3.24. The van der Waals surface area contributed by atoms with Crippen molar-refractivity contribution in [3.05, 3.63) is 0 Å². The van der Waals surface area contributed by atoms with Gasteiger partial charge in [-0.1, -0.05) is 189 Å². The normalized spacial score (nSPS) is 12.0. The first kappa shape index (κ1) is 42.6. The van der Waals surface area contributed by atoms with Gasteiger partial charge in [-0.2, -0.15) is 0 Å². The summed E-state index contributed by atoms with van der Waals surface area (Å²) >= 11 is 3.52. The Labute approximate surface area is 275 Å². The van der Waals surface area contributed by atoms with Gasteiger partial charge in [-0.15, -0.1) is 0 Å². The molecule has 0 aliphatic rings. The summed E-state index contributed by atoms with van der Waals surface area (Å²) in [5.41, 5.74) is 0. The molecular weight excluding hydrogens is 600 g/mol. The van der Waals surface area contributed by atoms with Gasteiger partial charge in [-0.25, -0.2) is 0 Å². The van der Waals surface area contributed by atoms with Gasteiger partial charge in [0.15, 0.2) is 0 Å². The van der Waals surface area contributed by atoms with E-state index < -0.39 is 8.80 Å². The Hall–Kier alpha value is 0.577. The highest BCUT2D eigenvalue weighted by atomic mass is 79.9. The maximum atomic E-state index is 5.97. The van der Waals surface area contributed by atoms with Crippen LogP contribution < -0.4 is 0 Å². The Morgan fingerprint density at radius 2 is 0.500 bits per heavy atom. The summed E-state index contributed by atoms with van der Waals surface area (Å²) in [6.45, 7) is 8.19. The number of hydrogen-bond donors (Lipinski definition) is 0. The molecule has 0 N–H and O–H groups in total. The predicted molar refractivity (Wildman–Crippen MR) is 193 cm³/mol. The third-order valence-corrected chi connectivity index (χ3v) is 12.4. The number of hydrogen-bond acceptors (Lipinski definition) is 3. The molecule has 0 aromatic rings. The lowest BCUT2D eigenvalue weighted by atomic mass is 10.0. The molecule has 0 rings (SSSR count). The lowest BCUT2D eigenvalue weighted by Gasteiger charge is -2.28. The predicted octanol–water partition coefficient (Wildman–Crippen LogP) is 13.7. The van der Waals surface area contributed by atoms with E-state index >= 15 is 0 Å². The quantitative estimate of drug-likeness (QED) is 0.0372. The first-order valence-electron chi connectivity index (χ1n) is 19.2. The molecule has 0 atom stereocenters. The van der Waals surface area contributed by atoms with Crippen LogP contribution in [0.5, 0.6) is 0 Å². The summed E-state index contributed by atoms with van der Waals surface area (Å²) in [7, 11) is -2.42. The standard InChI is InChI=1S/C37H77BrO3Si/c1-4-39-42(40-5-2,41-6-3)37-35-33-31-29-27-25-23-21-19-17-15-13-11-9-7-8-10-12-14-16-18-20-22-24-26-28-30-32-34-36-38/h4-37H2,1-3H3. The summed E-state index contributed by atoms with van der Waals surface area (Å²) in [6.07, 6.45) is 41.6. The van der Waals surface area contributed by atoms with Crippen LogP contribution in [0.1, 0.15) is 207 Å². The minimum absolute atomic E-state index is 0.686. The highest BCUT2D eigenvalue weighted by molar-refractivity contribution is 9.09. The molecule has 42 heavy (non-hydrogen) atoms. The van der Waals surface area contributed by atoms with Crippen molar-refractivity contribution in [1.29, 1.82) is 0 Å². The van der Waals surface area contributed by atoms with E-state index in [1.54, 1.807) is 0 Å². The van der Waals surface area contributed by atoms with Crippen molar-refractivity contribution in [1.82, 2.24) is 0 Å². The van der Waals surface area contributed by atoms with Crippen LogP contribution in [0.3, 0.4) is 0 Å². The number of unbranched alkanes of at least 4 members (excludes halogenated alkanes) is 28. The number of rotatable bonds is 37. The Morgan fingerprint density at radius 1 is 0.310 bits per heavy atom. The van der Waals surface area contributed by atoms with Crippen molar-refractivity contribution in [2.75, 3.05) is 25.2 Å². The first-order valence-corrected chi connectivity index (χ1v) is 22.3. The molecule has 0 unspecified atom stereocenters. The fraction of sp³-hybridized carbons (Fsp3) is 1.00. The molecule has 254 valence electrons. The van der Waals surface area contributed by atoms with E-state index in [4.69, 9.17) is 13.3 Å². The highest BCUT2D eigenvalue weighted by Crippen LogP contribution is 2.21. The molecule has 0 saturated carbocycles. The summed E-state index contributed by atoms with van der Waals surface area (Å²) in [5.74, 6) is 0. The SMILES string of the molecule is CCO[Si](CCCCCCCCCCCCCCCCCCCCCCCCCCCCCCCBr)(OCC)OCC. The molecule has 0 aliphatic carbocycles. The van der Waals surface area contributed by atoms with Crippen LogP contribution in [-0.2, 0) is 13.3 Å². The summed E-state index contributed by atoms with van der Waals surface area (Å²) in [4.78, 5) is 0. The average molecular weight is 678 g/mol. The van der Waals surface area contributed by atoms with E-state index in [0.29, 0.717) is 19.8 Å². The van der Waals surface area contributed by atoms with Crippen molar-refractivity contribution in [3.63, 3.8) is 0 Å². The molecule has 0 aromatic heterocycles. The lowest BCUT2D eigenvalue weighted by molar-refractivity contribution is 0.0706. The Kier molecular flexibility index (Phi) is 36.5. The van der Waals surface area contributed by atoms with Crippen LogP contribution in [0.25, 0.3) is 0 Å². The fourth-order valence-electron chi connectivity index (χ4n) is 6.21. The van der Waals surface area contributed by atoms with E-state index in [1.807, 2.05) is 20.8 Å². The van der Waals surface area contributed by atoms with Crippen LogP contribution >= 0.6 is 15.9 Å². The molecule has 0 amide bonds.